The number of carbonyl (C=O) groups excluding carboxylic acids is 1. The van der Waals surface area contributed by atoms with Gasteiger partial charge in [-0.1, -0.05) is 24.3 Å². The molecule has 0 unspecified atom stereocenters. The van der Waals surface area contributed by atoms with E-state index < -0.39 is 6.10 Å². The van der Waals surface area contributed by atoms with Crippen molar-refractivity contribution in [2.24, 2.45) is 0 Å². The zero-order chi connectivity index (χ0) is 15.6. The number of carbonyl (C=O) groups is 1. The van der Waals surface area contributed by atoms with Crippen molar-refractivity contribution < 1.29 is 9.53 Å². The monoisotopic (exact) mass is 312 g/mol. The van der Waals surface area contributed by atoms with Crippen LogP contribution in [0.3, 0.4) is 0 Å². The lowest BCUT2D eigenvalue weighted by Crippen LogP contribution is -2.43. The van der Waals surface area contributed by atoms with Crippen molar-refractivity contribution in [3.8, 4) is 0 Å². The number of ether oxygens (including phenoxy) is 1. The molecule has 120 valence electrons. The number of benzene rings is 1. The molecule has 2 aliphatic rings. The Morgan fingerprint density at radius 1 is 1.30 bits per heavy atom. The van der Waals surface area contributed by atoms with Gasteiger partial charge in [-0.05, 0) is 36.8 Å². The molecule has 1 saturated heterocycles. The molecule has 6 nitrogen and oxygen atoms in total. The molecule has 0 bridgehead atoms. The molecule has 1 fully saturated rings. The number of hydrogen-bond donors (Lipinski definition) is 1. The van der Waals surface area contributed by atoms with Gasteiger partial charge in [0.1, 0.15) is 12.2 Å². The molecule has 3 heterocycles. The van der Waals surface area contributed by atoms with Crippen molar-refractivity contribution in [1.82, 2.24) is 20.1 Å². The Morgan fingerprint density at radius 3 is 3.09 bits per heavy atom. The number of likely N-dealkylation sites (tertiary alicyclic amines) is 1. The van der Waals surface area contributed by atoms with Gasteiger partial charge in [0, 0.05) is 6.54 Å². The van der Waals surface area contributed by atoms with E-state index in [1.807, 2.05) is 23.1 Å². The third kappa shape index (κ3) is 2.63. The Labute approximate surface area is 134 Å². The fourth-order valence-electron chi connectivity index (χ4n) is 3.60. The van der Waals surface area contributed by atoms with Crippen molar-refractivity contribution in [2.75, 3.05) is 13.2 Å². The number of aromatic nitrogens is 3. The van der Waals surface area contributed by atoms with E-state index in [-0.39, 0.29) is 11.9 Å². The predicted octanol–water partition coefficient (Wildman–Crippen LogP) is 2.17. The minimum Gasteiger partial charge on any atom is -0.363 e. The molecule has 1 amide bonds. The average molecular weight is 312 g/mol. The minimum atomic E-state index is -0.497. The van der Waals surface area contributed by atoms with E-state index in [1.54, 1.807) is 0 Å². The second-order valence-corrected chi connectivity index (χ2v) is 6.11. The first-order valence-corrected chi connectivity index (χ1v) is 8.20. The molecule has 0 radical (unpaired) electrons. The highest BCUT2D eigenvalue weighted by molar-refractivity contribution is 5.83. The lowest BCUT2D eigenvalue weighted by Gasteiger charge is -2.37. The van der Waals surface area contributed by atoms with Crippen LogP contribution < -0.4 is 0 Å². The van der Waals surface area contributed by atoms with Gasteiger partial charge in [-0.15, -0.1) is 0 Å². The number of nitrogens with zero attached hydrogens (tertiary/aromatic N) is 3. The maximum Gasteiger partial charge on any atom is 0.256 e. The molecule has 0 saturated carbocycles. The van der Waals surface area contributed by atoms with Gasteiger partial charge in [0.25, 0.3) is 5.91 Å². The summed E-state index contributed by atoms with van der Waals surface area (Å²) in [4.78, 5) is 19.3. The van der Waals surface area contributed by atoms with Gasteiger partial charge in [-0.2, -0.15) is 5.10 Å². The molecule has 4 rings (SSSR count). The standard InChI is InChI=1S/C17H20N4O2/c22-17(15-13-6-2-1-5-12(13)8-10-23-15)21-9-4-3-7-14(21)16-18-11-19-20-16/h1-2,5-6,11,14-15H,3-4,7-10H2,(H,18,19,20)/t14-,15-/m1/s1. The van der Waals surface area contributed by atoms with Gasteiger partial charge < -0.3 is 9.64 Å². The molecule has 6 heteroatoms. The molecule has 0 spiro atoms. The maximum atomic E-state index is 13.2. The first kappa shape index (κ1) is 14.4. The normalized spacial score (nSPS) is 24.3. The Morgan fingerprint density at radius 2 is 2.22 bits per heavy atom. The van der Waals surface area contributed by atoms with E-state index in [1.165, 1.54) is 11.9 Å². The summed E-state index contributed by atoms with van der Waals surface area (Å²) < 4.78 is 5.85. The highest BCUT2D eigenvalue weighted by atomic mass is 16.5. The van der Waals surface area contributed by atoms with Crippen LogP contribution in [0.5, 0.6) is 0 Å². The summed E-state index contributed by atoms with van der Waals surface area (Å²) >= 11 is 0. The molecule has 2 aliphatic heterocycles. The van der Waals surface area contributed by atoms with Crippen molar-refractivity contribution in [2.45, 2.75) is 37.8 Å². The highest BCUT2D eigenvalue weighted by Gasteiger charge is 2.36. The Bertz CT molecular complexity index is 686. The van der Waals surface area contributed by atoms with Crippen LogP contribution in [-0.2, 0) is 16.0 Å². The predicted molar refractivity (Wildman–Crippen MR) is 83.5 cm³/mol. The lowest BCUT2D eigenvalue weighted by atomic mass is 9.94. The molecule has 1 aromatic carbocycles. The van der Waals surface area contributed by atoms with E-state index in [0.29, 0.717) is 6.61 Å². The van der Waals surface area contributed by atoms with Crippen LogP contribution in [0, 0.1) is 0 Å². The zero-order valence-corrected chi connectivity index (χ0v) is 12.9. The topological polar surface area (TPSA) is 71.1 Å². The van der Waals surface area contributed by atoms with Crippen LogP contribution in [0.1, 0.15) is 48.4 Å². The number of nitrogens with one attached hydrogen (secondary N) is 1. The van der Waals surface area contributed by atoms with E-state index in [2.05, 4.69) is 21.2 Å². The van der Waals surface area contributed by atoms with Gasteiger partial charge in [-0.25, -0.2) is 4.98 Å². The number of amides is 1. The Kier molecular flexibility index (Phi) is 3.83. The SMILES string of the molecule is O=C([C@@H]1OCCc2ccccc21)N1CCCC[C@@H]1c1ncn[nH]1. The van der Waals surface area contributed by atoms with Crippen LogP contribution in [0.4, 0.5) is 0 Å². The molecule has 23 heavy (non-hydrogen) atoms. The molecule has 2 atom stereocenters. The van der Waals surface area contributed by atoms with Gasteiger partial charge in [-0.3, -0.25) is 9.89 Å². The van der Waals surface area contributed by atoms with Gasteiger partial charge in [0.05, 0.1) is 12.6 Å². The lowest BCUT2D eigenvalue weighted by molar-refractivity contribution is -0.149. The second kappa shape index (κ2) is 6.12. The first-order valence-electron chi connectivity index (χ1n) is 8.20. The summed E-state index contributed by atoms with van der Waals surface area (Å²) in [6.45, 7) is 1.33. The van der Waals surface area contributed by atoms with Crippen molar-refractivity contribution in [3.05, 3.63) is 47.5 Å². The summed E-state index contributed by atoms with van der Waals surface area (Å²) in [5.74, 6) is 0.806. The number of hydrogen-bond acceptors (Lipinski definition) is 4. The summed E-state index contributed by atoms with van der Waals surface area (Å²) in [5.41, 5.74) is 2.22. The van der Waals surface area contributed by atoms with Crippen molar-refractivity contribution in [1.29, 1.82) is 0 Å². The minimum absolute atomic E-state index is 0.0311. The molecular weight excluding hydrogens is 292 g/mol. The van der Waals surface area contributed by atoms with E-state index in [0.717, 1.165) is 43.6 Å². The van der Waals surface area contributed by atoms with Crippen LogP contribution in [-0.4, -0.2) is 39.1 Å². The van der Waals surface area contributed by atoms with Crippen LogP contribution in [0.2, 0.25) is 0 Å². The summed E-state index contributed by atoms with van der Waals surface area (Å²) in [7, 11) is 0. The number of piperidine rings is 1. The number of H-pyrrole nitrogens is 1. The third-order valence-electron chi connectivity index (χ3n) is 4.75. The summed E-state index contributed by atoms with van der Waals surface area (Å²) in [6.07, 6.45) is 4.89. The van der Waals surface area contributed by atoms with Gasteiger partial charge >= 0.3 is 0 Å². The maximum absolute atomic E-state index is 13.2. The van der Waals surface area contributed by atoms with Crippen LogP contribution in [0.25, 0.3) is 0 Å². The number of rotatable bonds is 2. The van der Waals surface area contributed by atoms with E-state index in [4.69, 9.17) is 4.74 Å². The van der Waals surface area contributed by atoms with Gasteiger partial charge in [0.15, 0.2) is 6.10 Å². The molecule has 1 N–H and O–H groups in total. The second-order valence-electron chi connectivity index (χ2n) is 6.11. The first-order chi connectivity index (χ1) is 11.3. The Hall–Kier alpha value is -2.21. The fourth-order valence-corrected chi connectivity index (χ4v) is 3.60. The van der Waals surface area contributed by atoms with E-state index in [9.17, 15) is 4.79 Å². The number of fused-ring (bicyclic) bond motifs is 1. The quantitative estimate of drug-likeness (QED) is 0.922. The van der Waals surface area contributed by atoms with E-state index >= 15 is 0 Å². The van der Waals surface area contributed by atoms with Crippen LogP contribution in [0.15, 0.2) is 30.6 Å². The third-order valence-corrected chi connectivity index (χ3v) is 4.75. The molecule has 1 aromatic heterocycles. The molecule has 0 aliphatic carbocycles. The van der Waals surface area contributed by atoms with Crippen LogP contribution >= 0.6 is 0 Å². The molecule has 2 aromatic rings. The van der Waals surface area contributed by atoms with Gasteiger partial charge in [0.2, 0.25) is 0 Å². The van der Waals surface area contributed by atoms with Crippen molar-refractivity contribution >= 4 is 5.91 Å². The largest absolute Gasteiger partial charge is 0.363 e. The summed E-state index contributed by atoms with van der Waals surface area (Å²) in [5, 5.41) is 6.85. The molecular formula is C17H20N4O2. The zero-order valence-electron chi connectivity index (χ0n) is 12.9. The number of aromatic amines is 1. The smallest absolute Gasteiger partial charge is 0.256 e. The fraction of sp³-hybridized carbons (Fsp3) is 0.471. The average Bonchev–Trinajstić information content (AvgIpc) is 3.15. The Balaban J connectivity index is 1.63. The summed E-state index contributed by atoms with van der Waals surface area (Å²) in [6, 6.07) is 8.05. The highest BCUT2D eigenvalue weighted by Crippen LogP contribution is 2.34. The van der Waals surface area contributed by atoms with Crippen molar-refractivity contribution in [3.63, 3.8) is 0 Å².